The van der Waals surface area contributed by atoms with E-state index in [0.717, 1.165) is 24.2 Å². The van der Waals surface area contributed by atoms with E-state index in [1.165, 1.54) is 0 Å². The van der Waals surface area contributed by atoms with Gasteiger partial charge in [-0.15, -0.1) is 0 Å². The SMILES string of the molecule is CCN(Cc1nccn1Cc1ccc(Cl)c(Cl)c1)C(=O)C1CC1. The molecule has 0 unspecified atom stereocenters. The van der Waals surface area contributed by atoms with Crippen LogP contribution in [0.15, 0.2) is 30.6 Å². The Kier molecular flexibility index (Phi) is 4.93. The zero-order valence-corrected chi connectivity index (χ0v) is 14.5. The number of halogens is 2. The summed E-state index contributed by atoms with van der Waals surface area (Å²) in [5.41, 5.74) is 1.05. The number of nitrogens with zero attached hydrogens (tertiary/aromatic N) is 3. The molecule has 4 nitrogen and oxygen atoms in total. The van der Waals surface area contributed by atoms with E-state index < -0.39 is 0 Å². The number of aromatic nitrogens is 2. The highest BCUT2D eigenvalue weighted by molar-refractivity contribution is 6.42. The number of amides is 1. The Morgan fingerprint density at radius 1 is 1.35 bits per heavy atom. The Morgan fingerprint density at radius 3 is 2.78 bits per heavy atom. The number of carbonyl (C=O) groups excluding carboxylic acids is 1. The Morgan fingerprint density at radius 2 is 2.13 bits per heavy atom. The van der Waals surface area contributed by atoms with E-state index in [9.17, 15) is 4.79 Å². The van der Waals surface area contributed by atoms with Gasteiger partial charge in [-0.1, -0.05) is 29.3 Å². The Labute approximate surface area is 146 Å². The number of imidazole rings is 1. The quantitative estimate of drug-likeness (QED) is 0.788. The zero-order chi connectivity index (χ0) is 16.4. The normalized spacial score (nSPS) is 14.0. The molecular formula is C17H19Cl2N3O. The second kappa shape index (κ2) is 6.93. The standard InChI is InChI=1S/C17H19Cl2N3O/c1-2-21(17(23)13-4-5-13)11-16-20-7-8-22(16)10-12-3-6-14(18)15(19)9-12/h3,6-9,13H,2,4-5,10-11H2,1H3. The molecule has 1 saturated carbocycles. The van der Waals surface area contributed by atoms with Gasteiger partial charge < -0.3 is 9.47 Å². The Balaban J connectivity index is 1.73. The number of carbonyl (C=O) groups is 1. The lowest BCUT2D eigenvalue weighted by atomic mass is 10.2. The molecule has 0 atom stereocenters. The summed E-state index contributed by atoms with van der Waals surface area (Å²) in [5.74, 6) is 1.36. The third-order valence-corrected chi connectivity index (χ3v) is 4.83. The van der Waals surface area contributed by atoms with E-state index in [0.29, 0.717) is 29.7 Å². The van der Waals surface area contributed by atoms with Crippen LogP contribution in [0.25, 0.3) is 0 Å². The average molecular weight is 352 g/mol. The lowest BCUT2D eigenvalue weighted by Gasteiger charge is -2.21. The summed E-state index contributed by atoms with van der Waals surface area (Å²) in [5, 5.41) is 1.10. The van der Waals surface area contributed by atoms with E-state index in [4.69, 9.17) is 23.2 Å². The zero-order valence-electron chi connectivity index (χ0n) is 13.0. The molecule has 1 aromatic carbocycles. The molecule has 0 radical (unpaired) electrons. The number of rotatable bonds is 6. The van der Waals surface area contributed by atoms with Crippen molar-refractivity contribution in [1.29, 1.82) is 0 Å². The van der Waals surface area contributed by atoms with E-state index in [1.54, 1.807) is 12.3 Å². The van der Waals surface area contributed by atoms with Crippen LogP contribution in [-0.2, 0) is 17.9 Å². The van der Waals surface area contributed by atoms with Crippen LogP contribution in [0.5, 0.6) is 0 Å². The van der Waals surface area contributed by atoms with Crippen LogP contribution in [0.3, 0.4) is 0 Å². The van der Waals surface area contributed by atoms with Crippen molar-refractivity contribution < 1.29 is 4.79 Å². The topological polar surface area (TPSA) is 38.1 Å². The molecule has 122 valence electrons. The van der Waals surface area contributed by atoms with Crippen LogP contribution in [0.2, 0.25) is 10.0 Å². The van der Waals surface area contributed by atoms with Crippen LogP contribution in [0, 0.1) is 5.92 Å². The summed E-state index contributed by atoms with van der Waals surface area (Å²) >= 11 is 12.0. The van der Waals surface area contributed by atoms with Crippen molar-refractivity contribution in [1.82, 2.24) is 14.5 Å². The largest absolute Gasteiger partial charge is 0.335 e. The predicted octanol–water partition coefficient (Wildman–Crippen LogP) is 4.00. The molecule has 6 heteroatoms. The fourth-order valence-electron chi connectivity index (χ4n) is 2.58. The van der Waals surface area contributed by atoms with E-state index in [-0.39, 0.29) is 11.8 Å². The monoisotopic (exact) mass is 351 g/mol. The number of hydrogen-bond acceptors (Lipinski definition) is 2. The summed E-state index contributed by atoms with van der Waals surface area (Å²) in [6.07, 6.45) is 5.73. The molecule has 0 saturated heterocycles. The minimum absolute atomic E-state index is 0.230. The first kappa shape index (κ1) is 16.3. The highest BCUT2D eigenvalue weighted by Crippen LogP contribution is 2.31. The van der Waals surface area contributed by atoms with Crippen LogP contribution < -0.4 is 0 Å². The van der Waals surface area contributed by atoms with Crippen LogP contribution >= 0.6 is 23.2 Å². The van der Waals surface area contributed by atoms with Crippen molar-refractivity contribution >= 4 is 29.1 Å². The van der Waals surface area contributed by atoms with Crippen molar-refractivity contribution in [3.05, 3.63) is 52.0 Å². The van der Waals surface area contributed by atoms with Crippen molar-refractivity contribution in [2.45, 2.75) is 32.9 Å². The maximum atomic E-state index is 12.3. The highest BCUT2D eigenvalue weighted by atomic mass is 35.5. The molecular weight excluding hydrogens is 333 g/mol. The van der Waals surface area contributed by atoms with Gasteiger partial charge in [-0.3, -0.25) is 4.79 Å². The number of benzene rings is 1. The molecule has 0 spiro atoms. The molecule has 0 N–H and O–H groups in total. The van der Waals surface area contributed by atoms with Crippen molar-refractivity contribution in [3.8, 4) is 0 Å². The molecule has 1 aliphatic rings. The summed E-state index contributed by atoms with van der Waals surface area (Å²) < 4.78 is 2.04. The van der Waals surface area contributed by atoms with Crippen molar-refractivity contribution in [2.75, 3.05) is 6.54 Å². The van der Waals surface area contributed by atoms with Gasteiger partial charge in [-0.25, -0.2) is 4.98 Å². The van der Waals surface area contributed by atoms with Gasteiger partial charge in [-0.2, -0.15) is 0 Å². The first-order chi connectivity index (χ1) is 11.1. The summed E-state index contributed by atoms with van der Waals surface area (Å²) in [7, 11) is 0. The Hall–Kier alpha value is -1.52. The predicted molar refractivity (Wildman–Crippen MR) is 91.6 cm³/mol. The van der Waals surface area contributed by atoms with Gasteiger partial charge in [-0.05, 0) is 37.5 Å². The van der Waals surface area contributed by atoms with Crippen LogP contribution in [0.4, 0.5) is 0 Å². The van der Waals surface area contributed by atoms with Gasteiger partial charge in [0, 0.05) is 31.4 Å². The van der Waals surface area contributed by atoms with Crippen LogP contribution in [0.1, 0.15) is 31.2 Å². The fourth-order valence-corrected chi connectivity index (χ4v) is 2.90. The minimum Gasteiger partial charge on any atom is -0.335 e. The molecule has 23 heavy (non-hydrogen) atoms. The third kappa shape index (κ3) is 3.88. The molecule has 1 heterocycles. The molecule has 1 amide bonds. The van der Waals surface area contributed by atoms with Crippen molar-refractivity contribution in [3.63, 3.8) is 0 Å². The van der Waals surface area contributed by atoms with E-state index >= 15 is 0 Å². The smallest absolute Gasteiger partial charge is 0.226 e. The maximum absolute atomic E-state index is 12.3. The maximum Gasteiger partial charge on any atom is 0.226 e. The van der Waals surface area contributed by atoms with Gasteiger partial charge in [0.2, 0.25) is 5.91 Å². The molecule has 1 aliphatic carbocycles. The molecule has 1 aromatic heterocycles. The van der Waals surface area contributed by atoms with Gasteiger partial charge in [0.25, 0.3) is 0 Å². The summed E-state index contributed by atoms with van der Waals surface area (Å²) in [6.45, 7) is 3.91. The van der Waals surface area contributed by atoms with Gasteiger partial charge in [0.05, 0.1) is 16.6 Å². The second-order valence-electron chi connectivity index (χ2n) is 5.85. The highest BCUT2D eigenvalue weighted by Gasteiger charge is 2.33. The van der Waals surface area contributed by atoms with Gasteiger partial charge >= 0.3 is 0 Å². The molecule has 0 bridgehead atoms. The first-order valence-electron chi connectivity index (χ1n) is 7.81. The second-order valence-corrected chi connectivity index (χ2v) is 6.66. The summed E-state index contributed by atoms with van der Waals surface area (Å²) in [4.78, 5) is 18.6. The molecule has 3 rings (SSSR count). The third-order valence-electron chi connectivity index (χ3n) is 4.09. The molecule has 0 aliphatic heterocycles. The van der Waals surface area contributed by atoms with E-state index in [1.807, 2.05) is 34.7 Å². The average Bonchev–Trinajstić information content (AvgIpc) is 3.30. The fraction of sp³-hybridized carbons (Fsp3) is 0.412. The van der Waals surface area contributed by atoms with Crippen LogP contribution in [-0.4, -0.2) is 26.9 Å². The lowest BCUT2D eigenvalue weighted by Crippen LogP contribution is -2.32. The molecule has 2 aromatic rings. The first-order valence-corrected chi connectivity index (χ1v) is 8.56. The minimum atomic E-state index is 0.230. The van der Waals surface area contributed by atoms with E-state index in [2.05, 4.69) is 4.98 Å². The number of hydrogen-bond donors (Lipinski definition) is 0. The van der Waals surface area contributed by atoms with Gasteiger partial charge in [0.15, 0.2) is 0 Å². The summed E-state index contributed by atoms with van der Waals surface area (Å²) in [6, 6.07) is 5.61. The molecule has 1 fully saturated rings. The van der Waals surface area contributed by atoms with Crippen molar-refractivity contribution in [2.24, 2.45) is 5.92 Å². The van der Waals surface area contributed by atoms with Gasteiger partial charge in [0.1, 0.15) is 5.82 Å². The lowest BCUT2D eigenvalue weighted by molar-refractivity contribution is -0.133. The Bertz CT molecular complexity index is 710.